The molecule has 180 valence electrons. The van der Waals surface area contributed by atoms with Gasteiger partial charge >= 0.3 is 5.97 Å². The van der Waals surface area contributed by atoms with Crippen molar-refractivity contribution in [1.29, 1.82) is 0 Å². The first-order valence-electron chi connectivity index (χ1n) is 11.9. The molecule has 0 saturated carbocycles. The lowest BCUT2D eigenvalue weighted by molar-refractivity contribution is -0.110. The van der Waals surface area contributed by atoms with E-state index in [4.69, 9.17) is 4.74 Å². The predicted molar refractivity (Wildman–Crippen MR) is 141 cm³/mol. The summed E-state index contributed by atoms with van der Waals surface area (Å²) in [6.07, 6.45) is 3.76. The second-order valence-corrected chi connectivity index (χ2v) is 8.29. The van der Waals surface area contributed by atoms with Crippen LogP contribution in [-0.2, 0) is 16.1 Å². The van der Waals surface area contributed by atoms with Gasteiger partial charge in [0.25, 0.3) is 5.91 Å². The Hall–Kier alpha value is -4.65. The highest BCUT2D eigenvalue weighted by Crippen LogP contribution is 2.38. The smallest absolute Gasteiger partial charge is 0.338 e. The van der Waals surface area contributed by atoms with E-state index in [9.17, 15) is 9.59 Å². The van der Waals surface area contributed by atoms with Gasteiger partial charge in [0, 0.05) is 35.8 Å². The zero-order valence-electron chi connectivity index (χ0n) is 20.1. The summed E-state index contributed by atoms with van der Waals surface area (Å²) in [5.41, 5.74) is 5.61. The summed E-state index contributed by atoms with van der Waals surface area (Å²) < 4.78 is 7.19. The monoisotopic (exact) mass is 478 g/mol. The Balaban J connectivity index is 1.55. The zero-order valence-corrected chi connectivity index (χ0v) is 20.1. The van der Waals surface area contributed by atoms with Gasteiger partial charge in [0.05, 0.1) is 29.1 Å². The van der Waals surface area contributed by atoms with Crippen molar-refractivity contribution in [3.63, 3.8) is 0 Å². The number of aryl methyl sites for hydroxylation is 1. The molecule has 1 aliphatic rings. The first kappa shape index (κ1) is 23.1. The zero-order chi connectivity index (χ0) is 25.1. The SMILES string of the molecule is CCOC(=O)c1ccc2c(c1)NC(=O)/C2=C(\Nc1ccc(-c2nccn2CC)cc1)c1ccccc1. The van der Waals surface area contributed by atoms with Crippen molar-refractivity contribution in [2.75, 3.05) is 17.2 Å². The fraction of sp³-hybridized carbons (Fsp3) is 0.138. The van der Waals surface area contributed by atoms with Crippen molar-refractivity contribution in [1.82, 2.24) is 9.55 Å². The molecule has 2 N–H and O–H groups in total. The third-order valence-electron chi connectivity index (χ3n) is 6.06. The van der Waals surface area contributed by atoms with Gasteiger partial charge in [-0.3, -0.25) is 4.79 Å². The molecule has 1 amide bonds. The minimum Gasteiger partial charge on any atom is -0.462 e. The lowest BCUT2D eigenvalue weighted by atomic mass is 9.99. The number of esters is 1. The van der Waals surface area contributed by atoms with E-state index in [2.05, 4.69) is 27.1 Å². The highest BCUT2D eigenvalue weighted by Gasteiger charge is 2.29. The molecule has 3 aromatic carbocycles. The average Bonchev–Trinajstić information content (AvgIpc) is 3.51. The first-order valence-corrected chi connectivity index (χ1v) is 11.9. The summed E-state index contributed by atoms with van der Waals surface area (Å²) in [6.45, 7) is 4.97. The van der Waals surface area contributed by atoms with Crippen LogP contribution in [0.3, 0.4) is 0 Å². The van der Waals surface area contributed by atoms with Gasteiger partial charge in [0.1, 0.15) is 5.82 Å². The van der Waals surface area contributed by atoms with Crippen LogP contribution in [-0.4, -0.2) is 28.0 Å². The van der Waals surface area contributed by atoms with Gasteiger partial charge in [-0.15, -0.1) is 0 Å². The number of carbonyl (C=O) groups excluding carboxylic acids is 2. The second-order valence-electron chi connectivity index (χ2n) is 8.29. The van der Waals surface area contributed by atoms with Gasteiger partial charge in [-0.25, -0.2) is 9.78 Å². The lowest BCUT2D eigenvalue weighted by Gasteiger charge is -2.15. The number of imidazole rings is 1. The van der Waals surface area contributed by atoms with E-state index < -0.39 is 5.97 Å². The third-order valence-corrected chi connectivity index (χ3v) is 6.06. The molecule has 5 rings (SSSR count). The number of ether oxygens (including phenoxy) is 1. The largest absolute Gasteiger partial charge is 0.462 e. The summed E-state index contributed by atoms with van der Waals surface area (Å²) in [5.74, 6) is 0.253. The fourth-order valence-corrected chi connectivity index (χ4v) is 4.32. The van der Waals surface area contributed by atoms with Crippen molar-refractivity contribution < 1.29 is 14.3 Å². The Bertz CT molecular complexity index is 1450. The van der Waals surface area contributed by atoms with Crippen LogP contribution in [0.25, 0.3) is 22.7 Å². The van der Waals surface area contributed by atoms with Crippen molar-refractivity contribution in [2.45, 2.75) is 20.4 Å². The van der Waals surface area contributed by atoms with E-state index >= 15 is 0 Å². The van der Waals surface area contributed by atoms with Gasteiger partial charge in [-0.1, -0.05) is 36.4 Å². The molecule has 1 aliphatic heterocycles. The van der Waals surface area contributed by atoms with Crippen LogP contribution < -0.4 is 10.6 Å². The average molecular weight is 479 g/mol. The van der Waals surface area contributed by atoms with E-state index in [-0.39, 0.29) is 12.5 Å². The molecule has 0 radical (unpaired) electrons. The van der Waals surface area contributed by atoms with Gasteiger partial charge in [0.2, 0.25) is 0 Å². The number of hydrogen-bond donors (Lipinski definition) is 2. The van der Waals surface area contributed by atoms with Crippen molar-refractivity contribution >= 4 is 34.5 Å². The van der Waals surface area contributed by atoms with Gasteiger partial charge < -0.3 is 19.9 Å². The van der Waals surface area contributed by atoms with Crippen LogP contribution in [0.5, 0.6) is 0 Å². The number of fused-ring (bicyclic) bond motifs is 1. The summed E-state index contributed by atoms with van der Waals surface area (Å²) in [4.78, 5) is 29.9. The number of benzene rings is 3. The van der Waals surface area contributed by atoms with Crippen LogP contribution in [0, 0.1) is 0 Å². The highest BCUT2D eigenvalue weighted by atomic mass is 16.5. The first-order chi connectivity index (χ1) is 17.6. The normalized spacial score (nSPS) is 13.7. The number of aromatic nitrogens is 2. The van der Waals surface area contributed by atoms with E-state index in [1.54, 1.807) is 31.3 Å². The van der Waals surface area contributed by atoms with Crippen LogP contribution in [0.4, 0.5) is 11.4 Å². The molecule has 0 spiro atoms. The van der Waals surface area contributed by atoms with Crippen molar-refractivity contribution in [3.8, 4) is 11.4 Å². The fourth-order valence-electron chi connectivity index (χ4n) is 4.32. The maximum atomic E-state index is 13.2. The number of rotatable bonds is 7. The minimum atomic E-state index is -0.419. The lowest BCUT2D eigenvalue weighted by Crippen LogP contribution is -2.10. The molecule has 0 atom stereocenters. The van der Waals surface area contributed by atoms with Gasteiger partial charge in [0.15, 0.2) is 0 Å². The number of amides is 1. The summed E-state index contributed by atoms with van der Waals surface area (Å²) in [5, 5.41) is 6.37. The number of nitrogens with zero attached hydrogens (tertiary/aromatic N) is 2. The minimum absolute atomic E-state index is 0.237. The summed E-state index contributed by atoms with van der Waals surface area (Å²) in [6, 6.07) is 22.8. The molecule has 0 saturated heterocycles. The molecule has 0 fully saturated rings. The maximum Gasteiger partial charge on any atom is 0.338 e. The second kappa shape index (κ2) is 9.92. The molecule has 4 aromatic rings. The standard InChI is InChI=1S/C29H26N4O3/c1-3-33-17-16-30-27(33)20-10-13-22(14-11-20)31-26(19-8-6-5-7-9-19)25-23-15-12-21(29(35)36-4-2)18-24(23)32-28(25)34/h5-18,31H,3-4H2,1-2H3,(H,32,34)/b26-25-. The maximum absolute atomic E-state index is 13.2. The third kappa shape index (κ3) is 4.38. The van der Waals surface area contributed by atoms with E-state index in [1.807, 2.05) is 60.8 Å². The Morgan fingerprint density at radius 3 is 2.50 bits per heavy atom. The predicted octanol–water partition coefficient (Wildman–Crippen LogP) is 5.68. The Labute approximate surface area is 209 Å². The molecular formula is C29H26N4O3. The van der Waals surface area contributed by atoms with Crippen LogP contribution in [0.15, 0.2) is 85.2 Å². The molecule has 0 bridgehead atoms. The molecule has 0 unspecified atom stereocenters. The van der Waals surface area contributed by atoms with Gasteiger partial charge in [-0.2, -0.15) is 0 Å². The van der Waals surface area contributed by atoms with Crippen molar-refractivity contribution in [2.24, 2.45) is 0 Å². The quantitative estimate of drug-likeness (QED) is 0.264. The number of carbonyl (C=O) groups is 2. The molecule has 7 heteroatoms. The van der Waals surface area contributed by atoms with Crippen LogP contribution >= 0.6 is 0 Å². The van der Waals surface area contributed by atoms with Crippen molar-refractivity contribution in [3.05, 3.63) is 102 Å². The Kier molecular flexibility index (Phi) is 6.36. The topological polar surface area (TPSA) is 85.2 Å². The van der Waals surface area contributed by atoms with E-state index in [1.165, 1.54) is 0 Å². The molecular weight excluding hydrogens is 452 g/mol. The molecule has 7 nitrogen and oxygen atoms in total. The number of hydrogen-bond acceptors (Lipinski definition) is 5. The molecule has 0 aliphatic carbocycles. The molecule has 36 heavy (non-hydrogen) atoms. The number of anilines is 2. The Morgan fingerprint density at radius 2 is 1.78 bits per heavy atom. The van der Waals surface area contributed by atoms with Crippen LogP contribution in [0.2, 0.25) is 0 Å². The summed E-state index contributed by atoms with van der Waals surface area (Å²) >= 11 is 0. The van der Waals surface area contributed by atoms with Crippen LogP contribution in [0.1, 0.15) is 35.3 Å². The highest BCUT2D eigenvalue weighted by molar-refractivity contribution is 6.37. The van der Waals surface area contributed by atoms with Gasteiger partial charge in [-0.05, 0) is 55.8 Å². The van der Waals surface area contributed by atoms with E-state index in [0.717, 1.165) is 34.7 Å². The van der Waals surface area contributed by atoms with E-state index in [0.29, 0.717) is 22.5 Å². The molecule has 2 heterocycles. The summed E-state index contributed by atoms with van der Waals surface area (Å²) in [7, 11) is 0. The molecule has 1 aromatic heterocycles. The Morgan fingerprint density at radius 1 is 1.00 bits per heavy atom. The number of nitrogens with one attached hydrogen (secondary N) is 2.